The number of nitro groups is 1. The van der Waals surface area contributed by atoms with Crippen LogP contribution in [0, 0.1) is 16.0 Å². The molecule has 0 atom stereocenters. The molecule has 3 rings (SSSR count). The van der Waals surface area contributed by atoms with Gasteiger partial charge in [-0.3, -0.25) is 14.9 Å². The standard InChI is InChI=1S/C20H17Cl2N3O5/c1-11(2)7-18(26)30-23-19-15-9-14(25(28)29)5-6-17(15)24(20(19)27)10-12-3-4-13(21)8-16(12)22/h3-6,8-9,11H,7,10H2,1-2H3. The third-order valence-corrected chi connectivity index (χ3v) is 4.93. The Morgan fingerprint density at radius 1 is 1.23 bits per heavy atom. The zero-order chi connectivity index (χ0) is 22.0. The first-order chi connectivity index (χ1) is 14.2. The second kappa shape index (κ2) is 8.81. The van der Waals surface area contributed by atoms with Crippen LogP contribution in [0.25, 0.3) is 0 Å². The van der Waals surface area contributed by atoms with Gasteiger partial charge in [-0.25, -0.2) is 4.79 Å². The molecule has 1 aliphatic heterocycles. The zero-order valence-electron chi connectivity index (χ0n) is 16.1. The second-order valence-electron chi connectivity index (χ2n) is 7.09. The fourth-order valence-corrected chi connectivity index (χ4v) is 3.42. The van der Waals surface area contributed by atoms with E-state index in [1.165, 1.54) is 23.1 Å². The van der Waals surface area contributed by atoms with Gasteiger partial charge < -0.3 is 9.74 Å². The molecule has 0 bridgehead atoms. The van der Waals surface area contributed by atoms with E-state index in [0.717, 1.165) is 0 Å². The predicted molar refractivity (Wildman–Crippen MR) is 113 cm³/mol. The fourth-order valence-electron chi connectivity index (χ4n) is 2.95. The molecule has 2 aromatic carbocycles. The number of nitrogens with zero attached hydrogens (tertiary/aromatic N) is 3. The van der Waals surface area contributed by atoms with Gasteiger partial charge in [-0.05, 0) is 29.7 Å². The van der Waals surface area contributed by atoms with Crippen molar-refractivity contribution >= 4 is 52.2 Å². The summed E-state index contributed by atoms with van der Waals surface area (Å²) in [5.74, 6) is -1.11. The molecular formula is C20H17Cl2N3O5. The van der Waals surface area contributed by atoms with Gasteiger partial charge in [0.25, 0.3) is 11.6 Å². The lowest BCUT2D eigenvalue weighted by Crippen LogP contribution is -2.30. The van der Waals surface area contributed by atoms with E-state index in [-0.39, 0.29) is 35.8 Å². The predicted octanol–water partition coefficient (Wildman–Crippen LogP) is 4.74. The van der Waals surface area contributed by atoms with Crippen LogP contribution in [0.4, 0.5) is 11.4 Å². The van der Waals surface area contributed by atoms with Gasteiger partial charge >= 0.3 is 5.97 Å². The molecule has 0 aliphatic carbocycles. The Morgan fingerprint density at radius 3 is 2.60 bits per heavy atom. The number of non-ortho nitro benzene ring substituents is 1. The third-order valence-electron chi connectivity index (χ3n) is 4.34. The summed E-state index contributed by atoms with van der Waals surface area (Å²) in [7, 11) is 0. The summed E-state index contributed by atoms with van der Waals surface area (Å²) in [6, 6.07) is 8.84. The SMILES string of the molecule is CC(C)CC(=O)ON=C1C(=O)N(Cc2ccc(Cl)cc2Cl)c2ccc([N+](=O)[O-])cc21. The Labute approximate surface area is 182 Å². The summed E-state index contributed by atoms with van der Waals surface area (Å²) in [6.07, 6.45) is 0.122. The van der Waals surface area contributed by atoms with Crippen molar-refractivity contribution in [1.29, 1.82) is 0 Å². The molecule has 1 heterocycles. The molecule has 8 nitrogen and oxygen atoms in total. The Hall–Kier alpha value is -2.97. The number of fused-ring (bicyclic) bond motifs is 1. The number of hydrogen-bond acceptors (Lipinski definition) is 6. The lowest BCUT2D eigenvalue weighted by molar-refractivity contribution is -0.384. The van der Waals surface area contributed by atoms with E-state index in [0.29, 0.717) is 21.3 Å². The van der Waals surface area contributed by atoms with Crippen LogP contribution in [0.15, 0.2) is 41.6 Å². The maximum absolute atomic E-state index is 13.0. The maximum atomic E-state index is 13.0. The highest BCUT2D eigenvalue weighted by molar-refractivity contribution is 6.54. The second-order valence-corrected chi connectivity index (χ2v) is 7.93. The minimum absolute atomic E-state index is 0.0499. The van der Waals surface area contributed by atoms with Gasteiger partial charge in [0.05, 0.1) is 23.6 Å². The van der Waals surface area contributed by atoms with Crippen LogP contribution >= 0.6 is 23.2 Å². The van der Waals surface area contributed by atoms with Crippen molar-refractivity contribution in [3.8, 4) is 0 Å². The van der Waals surface area contributed by atoms with Gasteiger partial charge in [0, 0.05) is 27.7 Å². The minimum Gasteiger partial charge on any atom is -0.317 e. The highest BCUT2D eigenvalue weighted by Crippen LogP contribution is 2.35. The lowest BCUT2D eigenvalue weighted by atomic mass is 10.1. The van der Waals surface area contributed by atoms with E-state index < -0.39 is 16.8 Å². The van der Waals surface area contributed by atoms with Crippen LogP contribution in [-0.2, 0) is 21.0 Å². The van der Waals surface area contributed by atoms with Gasteiger partial charge in [0.15, 0.2) is 5.71 Å². The molecule has 1 aliphatic rings. The Morgan fingerprint density at radius 2 is 1.97 bits per heavy atom. The summed E-state index contributed by atoms with van der Waals surface area (Å²) >= 11 is 12.1. The number of anilines is 1. The Kier molecular flexibility index (Phi) is 6.38. The molecule has 2 aromatic rings. The van der Waals surface area contributed by atoms with Crippen LogP contribution in [0.5, 0.6) is 0 Å². The molecule has 10 heteroatoms. The van der Waals surface area contributed by atoms with Gasteiger partial charge in [-0.2, -0.15) is 0 Å². The molecule has 0 saturated heterocycles. The summed E-state index contributed by atoms with van der Waals surface area (Å²) in [5, 5.41) is 15.7. The molecule has 0 spiro atoms. The third kappa shape index (κ3) is 4.60. The highest BCUT2D eigenvalue weighted by Gasteiger charge is 2.36. The summed E-state index contributed by atoms with van der Waals surface area (Å²) in [4.78, 5) is 41.7. The number of hydrogen-bond donors (Lipinski definition) is 0. The molecule has 30 heavy (non-hydrogen) atoms. The molecule has 0 saturated carbocycles. The van der Waals surface area contributed by atoms with E-state index in [9.17, 15) is 19.7 Å². The van der Waals surface area contributed by atoms with Crippen LogP contribution in [0.1, 0.15) is 31.4 Å². The average Bonchev–Trinajstić information content (AvgIpc) is 2.92. The quantitative estimate of drug-likeness (QED) is 0.359. The smallest absolute Gasteiger partial charge is 0.317 e. The van der Waals surface area contributed by atoms with E-state index in [1.807, 2.05) is 13.8 Å². The molecular weight excluding hydrogens is 433 g/mol. The number of nitro benzene ring substituents is 1. The van der Waals surface area contributed by atoms with Crippen molar-refractivity contribution in [2.75, 3.05) is 4.90 Å². The van der Waals surface area contributed by atoms with Crippen LogP contribution in [0.3, 0.4) is 0 Å². The normalized spacial score (nSPS) is 14.4. The number of benzene rings is 2. The first kappa shape index (κ1) is 21.7. The number of oxime groups is 1. The average molecular weight is 450 g/mol. The molecule has 0 aromatic heterocycles. The summed E-state index contributed by atoms with van der Waals surface area (Å²) in [5.41, 5.74) is 0.828. The molecule has 0 fully saturated rings. The van der Waals surface area contributed by atoms with Gasteiger partial charge in [-0.1, -0.05) is 48.3 Å². The van der Waals surface area contributed by atoms with Crippen molar-refractivity contribution in [1.82, 2.24) is 0 Å². The van der Waals surface area contributed by atoms with Crippen molar-refractivity contribution in [3.05, 3.63) is 67.7 Å². The fraction of sp³-hybridized carbons (Fsp3) is 0.250. The monoisotopic (exact) mass is 449 g/mol. The number of amides is 1. The van der Waals surface area contributed by atoms with Gasteiger partial charge in [0.2, 0.25) is 0 Å². The van der Waals surface area contributed by atoms with Crippen molar-refractivity contribution in [2.24, 2.45) is 11.1 Å². The van der Waals surface area contributed by atoms with Crippen LogP contribution in [-0.4, -0.2) is 22.5 Å². The lowest BCUT2D eigenvalue weighted by Gasteiger charge is -2.17. The Bertz CT molecular complexity index is 1070. The van der Waals surface area contributed by atoms with E-state index in [4.69, 9.17) is 28.0 Å². The maximum Gasteiger partial charge on any atom is 0.335 e. The van der Waals surface area contributed by atoms with E-state index in [2.05, 4.69) is 5.16 Å². The Balaban J connectivity index is 1.99. The van der Waals surface area contributed by atoms with Crippen LogP contribution < -0.4 is 4.90 Å². The van der Waals surface area contributed by atoms with Crippen molar-refractivity contribution in [3.63, 3.8) is 0 Å². The summed E-state index contributed by atoms with van der Waals surface area (Å²) in [6.45, 7) is 3.76. The number of rotatable bonds is 6. The topological polar surface area (TPSA) is 102 Å². The summed E-state index contributed by atoms with van der Waals surface area (Å²) < 4.78 is 0. The number of carbonyl (C=O) groups excluding carboxylic acids is 2. The number of halogens is 2. The first-order valence-electron chi connectivity index (χ1n) is 8.99. The minimum atomic E-state index is -0.600. The molecule has 1 amide bonds. The van der Waals surface area contributed by atoms with Crippen molar-refractivity contribution in [2.45, 2.75) is 26.8 Å². The van der Waals surface area contributed by atoms with E-state index >= 15 is 0 Å². The molecule has 0 N–H and O–H groups in total. The molecule has 156 valence electrons. The molecule has 0 radical (unpaired) electrons. The first-order valence-corrected chi connectivity index (χ1v) is 9.75. The number of carbonyl (C=O) groups is 2. The van der Waals surface area contributed by atoms with Gasteiger partial charge in [0.1, 0.15) is 0 Å². The zero-order valence-corrected chi connectivity index (χ0v) is 17.6. The molecule has 0 unspecified atom stereocenters. The largest absolute Gasteiger partial charge is 0.335 e. The van der Waals surface area contributed by atoms with Crippen molar-refractivity contribution < 1.29 is 19.3 Å². The van der Waals surface area contributed by atoms with E-state index in [1.54, 1.807) is 18.2 Å². The van der Waals surface area contributed by atoms with Gasteiger partial charge in [-0.15, -0.1) is 0 Å². The highest BCUT2D eigenvalue weighted by atomic mass is 35.5. The van der Waals surface area contributed by atoms with Crippen LogP contribution in [0.2, 0.25) is 10.0 Å².